The molecule has 1 saturated carbocycles. The summed E-state index contributed by atoms with van der Waals surface area (Å²) >= 11 is 0. The van der Waals surface area contributed by atoms with Crippen molar-refractivity contribution in [3.05, 3.63) is 0 Å². The van der Waals surface area contributed by atoms with Crippen molar-refractivity contribution in [2.75, 3.05) is 33.3 Å². The van der Waals surface area contributed by atoms with Crippen LogP contribution in [0.3, 0.4) is 0 Å². The van der Waals surface area contributed by atoms with Gasteiger partial charge in [-0.2, -0.15) is 0 Å². The molecule has 0 heterocycles. The molecule has 0 aliphatic heterocycles. The summed E-state index contributed by atoms with van der Waals surface area (Å²) in [6, 6.07) is 0.279. The summed E-state index contributed by atoms with van der Waals surface area (Å²) in [7, 11) is 2.21. The Kier molecular flexibility index (Phi) is 7.82. The summed E-state index contributed by atoms with van der Waals surface area (Å²) in [5.41, 5.74) is 0. The van der Waals surface area contributed by atoms with Gasteiger partial charge in [-0.3, -0.25) is 0 Å². The lowest BCUT2D eigenvalue weighted by atomic mass is 10.1. The minimum absolute atomic E-state index is 0.261. The fourth-order valence-corrected chi connectivity index (χ4v) is 2.71. The first-order valence-corrected chi connectivity index (χ1v) is 7.29. The smallest absolute Gasteiger partial charge is 0.0585 e. The average molecular weight is 242 g/mol. The van der Waals surface area contributed by atoms with Gasteiger partial charge in [-0.15, -0.1) is 0 Å². The second-order valence-corrected chi connectivity index (χ2v) is 5.54. The molecule has 1 unspecified atom stereocenters. The second-order valence-electron chi connectivity index (χ2n) is 5.54. The number of nitrogens with one attached hydrogen (secondary N) is 1. The number of aliphatic hydroxyl groups excluding tert-OH is 1. The Morgan fingerprint density at radius 3 is 2.65 bits per heavy atom. The van der Waals surface area contributed by atoms with Gasteiger partial charge in [0.1, 0.15) is 0 Å². The summed E-state index contributed by atoms with van der Waals surface area (Å²) in [5, 5.41) is 12.7. The van der Waals surface area contributed by atoms with E-state index in [4.69, 9.17) is 0 Å². The molecule has 0 spiro atoms. The summed E-state index contributed by atoms with van der Waals surface area (Å²) < 4.78 is 0. The fourth-order valence-electron chi connectivity index (χ4n) is 2.71. The van der Waals surface area contributed by atoms with Gasteiger partial charge in [0.05, 0.1) is 6.61 Å². The molecule has 0 aromatic carbocycles. The maximum absolute atomic E-state index is 9.27. The fraction of sp³-hybridized carbons (Fsp3) is 1.00. The largest absolute Gasteiger partial charge is 0.395 e. The number of hydrogen-bond acceptors (Lipinski definition) is 3. The molecule has 0 amide bonds. The molecule has 1 aliphatic rings. The molecule has 1 rings (SSSR count). The quantitative estimate of drug-likeness (QED) is 0.648. The van der Waals surface area contributed by atoms with Crippen LogP contribution in [0.25, 0.3) is 0 Å². The Bertz CT molecular complexity index is 181. The van der Waals surface area contributed by atoms with E-state index in [2.05, 4.69) is 24.2 Å². The van der Waals surface area contributed by atoms with Gasteiger partial charge in [0, 0.05) is 12.6 Å². The Labute approximate surface area is 107 Å². The van der Waals surface area contributed by atoms with Gasteiger partial charge < -0.3 is 15.3 Å². The molecule has 1 fully saturated rings. The first kappa shape index (κ1) is 14.9. The maximum atomic E-state index is 9.27. The van der Waals surface area contributed by atoms with Crippen molar-refractivity contribution in [1.82, 2.24) is 10.2 Å². The van der Waals surface area contributed by atoms with Crippen LogP contribution in [0, 0.1) is 5.92 Å². The van der Waals surface area contributed by atoms with Gasteiger partial charge in [-0.05, 0) is 51.7 Å². The molecule has 0 aromatic heterocycles. The molecule has 17 heavy (non-hydrogen) atoms. The van der Waals surface area contributed by atoms with Gasteiger partial charge in [0.15, 0.2) is 0 Å². The van der Waals surface area contributed by atoms with E-state index in [0.29, 0.717) is 0 Å². The molecule has 1 atom stereocenters. The van der Waals surface area contributed by atoms with Crippen LogP contribution >= 0.6 is 0 Å². The SMILES string of the molecule is CCCNC(CO)CCN(C)CC1CCCC1. The zero-order chi connectivity index (χ0) is 12.5. The topological polar surface area (TPSA) is 35.5 Å². The zero-order valence-electron chi connectivity index (χ0n) is 11.6. The maximum Gasteiger partial charge on any atom is 0.0585 e. The number of rotatable bonds is 9. The second kappa shape index (κ2) is 8.90. The van der Waals surface area contributed by atoms with E-state index in [1.807, 2.05) is 0 Å². The van der Waals surface area contributed by atoms with Crippen LogP contribution in [0.15, 0.2) is 0 Å². The highest BCUT2D eigenvalue weighted by Gasteiger charge is 2.17. The van der Waals surface area contributed by atoms with Crippen molar-refractivity contribution in [3.63, 3.8) is 0 Å². The van der Waals surface area contributed by atoms with Gasteiger partial charge in [-0.25, -0.2) is 0 Å². The van der Waals surface area contributed by atoms with Crippen LogP contribution in [0.1, 0.15) is 45.4 Å². The van der Waals surface area contributed by atoms with Gasteiger partial charge >= 0.3 is 0 Å². The predicted molar refractivity (Wildman–Crippen MR) is 73.2 cm³/mol. The number of nitrogens with zero attached hydrogens (tertiary/aromatic N) is 1. The van der Waals surface area contributed by atoms with E-state index in [1.54, 1.807) is 0 Å². The van der Waals surface area contributed by atoms with Crippen LogP contribution in [-0.2, 0) is 0 Å². The van der Waals surface area contributed by atoms with E-state index in [1.165, 1.54) is 32.2 Å². The molecular weight excluding hydrogens is 212 g/mol. The third-order valence-electron chi connectivity index (χ3n) is 3.81. The van der Waals surface area contributed by atoms with Crippen LogP contribution in [-0.4, -0.2) is 49.3 Å². The molecule has 0 bridgehead atoms. The zero-order valence-corrected chi connectivity index (χ0v) is 11.6. The minimum Gasteiger partial charge on any atom is -0.395 e. The normalized spacial score (nSPS) is 19.1. The Morgan fingerprint density at radius 2 is 2.06 bits per heavy atom. The van der Waals surface area contributed by atoms with E-state index in [9.17, 15) is 5.11 Å². The Balaban J connectivity index is 2.09. The van der Waals surface area contributed by atoms with Crippen molar-refractivity contribution >= 4 is 0 Å². The number of hydrogen-bond donors (Lipinski definition) is 2. The molecule has 3 nitrogen and oxygen atoms in total. The van der Waals surface area contributed by atoms with Gasteiger partial charge in [0.2, 0.25) is 0 Å². The van der Waals surface area contributed by atoms with E-state index >= 15 is 0 Å². The predicted octanol–water partition coefficient (Wildman–Crippen LogP) is 1.86. The average Bonchev–Trinajstić information content (AvgIpc) is 2.82. The van der Waals surface area contributed by atoms with Crippen molar-refractivity contribution in [2.24, 2.45) is 5.92 Å². The van der Waals surface area contributed by atoms with Gasteiger partial charge in [-0.1, -0.05) is 19.8 Å². The van der Waals surface area contributed by atoms with E-state index < -0.39 is 0 Å². The van der Waals surface area contributed by atoms with Crippen molar-refractivity contribution < 1.29 is 5.11 Å². The Morgan fingerprint density at radius 1 is 1.35 bits per heavy atom. The minimum atomic E-state index is 0.261. The highest BCUT2D eigenvalue weighted by atomic mass is 16.3. The van der Waals surface area contributed by atoms with Crippen LogP contribution in [0.4, 0.5) is 0 Å². The standard InChI is InChI=1S/C14H30N2O/c1-3-9-15-14(12-17)8-10-16(2)11-13-6-4-5-7-13/h13-15,17H,3-12H2,1-2H3. The van der Waals surface area contributed by atoms with Crippen LogP contribution in [0.2, 0.25) is 0 Å². The first-order chi connectivity index (χ1) is 8.26. The van der Waals surface area contributed by atoms with Crippen molar-refractivity contribution in [3.8, 4) is 0 Å². The lowest BCUT2D eigenvalue weighted by Crippen LogP contribution is -2.37. The summed E-state index contributed by atoms with van der Waals surface area (Å²) in [6.07, 6.45) is 7.88. The Hall–Kier alpha value is -0.120. The monoisotopic (exact) mass is 242 g/mol. The molecule has 0 aromatic rings. The van der Waals surface area contributed by atoms with Crippen molar-refractivity contribution in [2.45, 2.75) is 51.5 Å². The highest BCUT2D eigenvalue weighted by molar-refractivity contribution is 4.72. The van der Waals surface area contributed by atoms with Crippen LogP contribution < -0.4 is 5.32 Å². The molecule has 1 aliphatic carbocycles. The highest BCUT2D eigenvalue weighted by Crippen LogP contribution is 2.25. The third kappa shape index (κ3) is 6.39. The lowest BCUT2D eigenvalue weighted by Gasteiger charge is -2.23. The molecule has 3 heteroatoms. The first-order valence-electron chi connectivity index (χ1n) is 7.29. The molecule has 0 radical (unpaired) electrons. The third-order valence-corrected chi connectivity index (χ3v) is 3.81. The lowest BCUT2D eigenvalue weighted by molar-refractivity contribution is 0.209. The van der Waals surface area contributed by atoms with Crippen LogP contribution in [0.5, 0.6) is 0 Å². The molecule has 0 saturated heterocycles. The van der Waals surface area contributed by atoms with E-state index in [0.717, 1.165) is 31.8 Å². The molecular formula is C14H30N2O. The molecule has 102 valence electrons. The van der Waals surface area contributed by atoms with Gasteiger partial charge in [0.25, 0.3) is 0 Å². The summed E-state index contributed by atoms with van der Waals surface area (Å²) in [4.78, 5) is 2.44. The summed E-state index contributed by atoms with van der Waals surface area (Å²) in [6.45, 7) is 5.77. The summed E-state index contributed by atoms with van der Waals surface area (Å²) in [5.74, 6) is 0.927. The molecule has 2 N–H and O–H groups in total. The van der Waals surface area contributed by atoms with E-state index in [-0.39, 0.29) is 12.6 Å². The van der Waals surface area contributed by atoms with Crippen molar-refractivity contribution in [1.29, 1.82) is 0 Å². The number of aliphatic hydroxyl groups is 1.